The molecule has 6 aliphatic rings. The van der Waals surface area contributed by atoms with Crippen LogP contribution in [0.3, 0.4) is 0 Å². The fourth-order valence-corrected chi connectivity index (χ4v) is 19.1. The van der Waals surface area contributed by atoms with Gasteiger partial charge in [0.15, 0.2) is 11.5 Å². The zero-order valence-corrected chi connectivity index (χ0v) is 61.3. The second-order valence-corrected chi connectivity index (χ2v) is 32.3. The zero-order valence-electron chi connectivity index (χ0n) is 59.5. The van der Waals surface area contributed by atoms with Crippen molar-refractivity contribution in [2.45, 2.75) is 42.1 Å². The van der Waals surface area contributed by atoms with Crippen LogP contribution in [0.25, 0.3) is 0 Å². The van der Waals surface area contributed by atoms with Crippen LogP contribution in [0.5, 0.6) is 11.5 Å². The van der Waals surface area contributed by atoms with Gasteiger partial charge in [-0.25, -0.2) is 0 Å². The maximum Gasteiger partial charge on any atom is 0.151 e. The standard InChI is InChI=1S/C19H16N2.C16H17N.C15H17NSi.C14H14N2.C13H11NO.C13H11NS/c1-20-16-11-5-7-13-18(16)21(15-9-3-2-4-10-15)19-14-8-6-12-17(19)20;1-16(2)12-8-4-6-10-14(12)17(3)15-11-7-5-9-13(15)16;1-16-12-8-4-6-10-14(12)17(2,3)15-11-7-5-9-13(15)16;1-15-11-7-3-5-9-13(11)16(2)14-10-6-4-8-12(14)15;2*1-14-10-6-2-4-8-12(10)15-13-9-5-3-7-11(13)14/h2-14H,1H3;2*4-11H,1-3H3;3-10H,1-2H3;2*2-9H,1H3. The highest BCUT2D eigenvalue weighted by atomic mass is 32.2. The Hall–Kier alpha value is -11.4. The van der Waals surface area contributed by atoms with E-state index in [0.717, 1.165) is 22.9 Å². The third-order valence-corrected chi connectivity index (χ3v) is 25.0. The average molecular weight is 1360 g/mol. The first-order valence-electron chi connectivity index (χ1n) is 34.6. The summed E-state index contributed by atoms with van der Waals surface area (Å²) in [5.41, 5.74) is 24.1. The van der Waals surface area contributed by atoms with Crippen molar-refractivity contribution in [1.29, 1.82) is 0 Å². The number of fused-ring (bicyclic) bond motifs is 12. The minimum Gasteiger partial charge on any atom is -0.453 e. The molecule has 0 aliphatic carbocycles. The lowest BCUT2D eigenvalue weighted by Crippen LogP contribution is -2.58. The van der Waals surface area contributed by atoms with Crippen molar-refractivity contribution in [3.05, 3.63) is 333 Å². The van der Waals surface area contributed by atoms with Crippen LogP contribution < -0.4 is 54.3 Å². The molecule has 0 N–H and O–H groups in total. The van der Waals surface area contributed by atoms with Gasteiger partial charge in [-0.1, -0.05) is 227 Å². The van der Waals surface area contributed by atoms with E-state index in [0.29, 0.717) is 0 Å². The predicted molar refractivity (Wildman–Crippen MR) is 435 cm³/mol. The predicted octanol–water partition coefficient (Wildman–Crippen LogP) is 22.9. The van der Waals surface area contributed by atoms with Gasteiger partial charge in [0.2, 0.25) is 0 Å². The molecule has 101 heavy (non-hydrogen) atoms. The van der Waals surface area contributed by atoms with Crippen LogP contribution in [0.15, 0.2) is 331 Å². The Bertz CT molecular complexity index is 4580. The summed E-state index contributed by atoms with van der Waals surface area (Å²) in [5.74, 6) is 1.83. The van der Waals surface area contributed by atoms with Gasteiger partial charge >= 0.3 is 0 Å². The van der Waals surface area contributed by atoms with Gasteiger partial charge in [-0.05, 0) is 155 Å². The third-order valence-electron chi connectivity index (χ3n) is 20.3. The Kier molecular flexibility index (Phi) is 18.8. The molecule has 0 saturated heterocycles. The normalized spacial score (nSPS) is 14.1. The van der Waals surface area contributed by atoms with Gasteiger partial charge in [-0.2, -0.15) is 0 Å². The van der Waals surface area contributed by atoms with E-state index in [1.54, 1.807) is 10.4 Å². The highest BCUT2D eigenvalue weighted by Gasteiger charge is 2.37. The molecule has 0 bridgehead atoms. The number of ether oxygens (including phenoxy) is 1. The van der Waals surface area contributed by atoms with E-state index in [2.05, 4.69) is 401 Å². The van der Waals surface area contributed by atoms with E-state index >= 15 is 0 Å². The van der Waals surface area contributed by atoms with Crippen LogP contribution in [-0.4, -0.2) is 57.4 Å². The molecule has 0 saturated carbocycles. The number of hydrogen-bond donors (Lipinski definition) is 0. The molecule has 11 heteroatoms. The van der Waals surface area contributed by atoms with E-state index in [4.69, 9.17) is 4.74 Å². The van der Waals surface area contributed by atoms with Gasteiger partial charge in [0.05, 0.1) is 68.2 Å². The number of rotatable bonds is 1. The van der Waals surface area contributed by atoms with Crippen molar-refractivity contribution in [3.63, 3.8) is 0 Å². The third kappa shape index (κ3) is 12.7. The van der Waals surface area contributed by atoms with Crippen molar-refractivity contribution in [3.8, 4) is 11.5 Å². The van der Waals surface area contributed by atoms with Crippen molar-refractivity contribution in [1.82, 2.24) is 0 Å². The smallest absolute Gasteiger partial charge is 0.151 e. The molecule has 0 spiro atoms. The Morgan fingerprint density at radius 2 is 0.495 bits per heavy atom. The summed E-state index contributed by atoms with van der Waals surface area (Å²) in [6.45, 7) is 9.49. The SMILES string of the molecule is CN1c2ccccc2C(C)(C)c2ccccc21.CN1c2ccccc2N(C)c2ccccc21.CN1c2ccccc2N(c2ccccc2)c2ccccc21.CN1c2ccccc2Oc2ccccc21.CN1c2ccccc2Sc2ccccc21.CN1c2ccccc2[Si](C)(C)c2ccccc21. The maximum absolute atomic E-state index is 5.81. The van der Waals surface area contributed by atoms with E-state index in [1.807, 2.05) is 48.2 Å². The van der Waals surface area contributed by atoms with Crippen molar-refractivity contribution in [2.75, 3.05) is 88.5 Å². The van der Waals surface area contributed by atoms with E-state index in [1.165, 1.54) is 106 Å². The van der Waals surface area contributed by atoms with Gasteiger partial charge in [-0.3, -0.25) is 0 Å². The number of hydrogen-bond acceptors (Lipinski definition) is 10. The molecule has 502 valence electrons. The van der Waals surface area contributed by atoms with Crippen LogP contribution >= 0.6 is 11.8 Å². The summed E-state index contributed by atoms with van der Waals surface area (Å²) in [7, 11) is 13.3. The Labute approximate surface area is 602 Å². The van der Waals surface area contributed by atoms with Crippen LogP contribution in [0.4, 0.5) is 96.7 Å². The van der Waals surface area contributed by atoms with Gasteiger partial charge in [0.1, 0.15) is 8.07 Å². The maximum atomic E-state index is 5.81. The molecule has 6 heterocycles. The minimum atomic E-state index is -1.52. The van der Waals surface area contributed by atoms with E-state index < -0.39 is 8.07 Å². The number of nitrogens with zero attached hydrogens (tertiary/aromatic N) is 8. The first-order valence-corrected chi connectivity index (χ1v) is 38.4. The van der Waals surface area contributed by atoms with Crippen molar-refractivity contribution in [2.24, 2.45) is 0 Å². The molecular weight excluding hydrogens is 1270 g/mol. The minimum absolute atomic E-state index is 0.0830. The number of benzene rings is 13. The summed E-state index contributed by atoms with van der Waals surface area (Å²) >= 11 is 1.84. The first-order chi connectivity index (χ1) is 49.1. The molecule has 9 nitrogen and oxygen atoms in total. The molecule has 13 aromatic carbocycles. The molecule has 19 rings (SSSR count). The fraction of sp³-hybridized carbons (Fsp3) is 0.133. The average Bonchev–Trinajstić information content (AvgIpc) is 0.758. The highest BCUT2D eigenvalue weighted by molar-refractivity contribution is 7.99. The molecule has 0 unspecified atom stereocenters. The van der Waals surface area contributed by atoms with Gasteiger partial charge in [-0.15, -0.1) is 0 Å². The molecule has 0 atom stereocenters. The zero-order chi connectivity index (χ0) is 69.9. The number of para-hydroxylation sites is 19. The second kappa shape index (κ2) is 28.5. The molecular formula is C90H86N8OSSi. The molecule has 0 radical (unpaired) electrons. The van der Waals surface area contributed by atoms with Crippen LogP contribution in [0, 0.1) is 0 Å². The lowest BCUT2D eigenvalue weighted by atomic mass is 9.74. The summed E-state index contributed by atoms with van der Waals surface area (Å²) in [6, 6.07) is 113. The van der Waals surface area contributed by atoms with Gasteiger partial charge in [0, 0.05) is 93.0 Å². The monoisotopic (exact) mass is 1350 g/mol. The topological polar surface area (TPSA) is 35.2 Å². The fourth-order valence-electron chi connectivity index (χ4n) is 14.8. The summed E-state index contributed by atoms with van der Waals surface area (Å²) in [4.78, 5) is 20.7. The van der Waals surface area contributed by atoms with Gasteiger partial charge in [0.25, 0.3) is 0 Å². The lowest BCUT2D eigenvalue weighted by molar-refractivity contribution is 0.475. The van der Waals surface area contributed by atoms with Crippen LogP contribution in [-0.2, 0) is 5.41 Å². The van der Waals surface area contributed by atoms with E-state index in [9.17, 15) is 0 Å². The largest absolute Gasteiger partial charge is 0.453 e. The van der Waals surface area contributed by atoms with Crippen molar-refractivity contribution >= 4 is 127 Å². The lowest BCUT2D eigenvalue weighted by Gasteiger charge is -2.40. The molecule has 6 aliphatic heterocycles. The highest BCUT2D eigenvalue weighted by Crippen LogP contribution is 2.53. The summed E-state index contributed by atoms with van der Waals surface area (Å²) < 4.78 is 5.81. The molecule has 0 aromatic heterocycles. The summed E-state index contributed by atoms with van der Waals surface area (Å²) in [6.07, 6.45) is 0. The number of anilines is 17. The Morgan fingerprint density at radius 1 is 0.248 bits per heavy atom. The van der Waals surface area contributed by atoms with Crippen molar-refractivity contribution < 1.29 is 4.74 Å². The van der Waals surface area contributed by atoms with Crippen LogP contribution in [0.2, 0.25) is 13.1 Å². The quantitative estimate of drug-likeness (QED) is 0.148. The Balaban J connectivity index is 0.000000103. The first kappa shape index (κ1) is 66.8. The molecule has 0 amide bonds. The summed E-state index contributed by atoms with van der Waals surface area (Å²) in [5, 5.41) is 3.09. The van der Waals surface area contributed by atoms with Gasteiger partial charge < -0.3 is 43.9 Å². The second-order valence-electron chi connectivity index (χ2n) is 26.9. The molecule has 13 aromatic rings. The molecule has 0 fully saturated rings. The van der Waals surface area contributed by atoms with Crippen LogP contribution in [0.1, 0.15) is 25.0 Å². The van der Waals surface area contributed by atoms with E-state index in [-0.39, 0.29) is 5.41 Å². The Morgan fingerprint density at radius 3 is 0.891 bits per heavy atom.